The van der Waals surface area contributed by atoms with Crippen LogP contribution < -0.4 is 0 Å². The molecule has 4 heteroatoms. The van der Waals surface area contributed by atoms with E-state index in [9.17, 15) is 19.8 Å². The summed E-state index contributed by atoms with van der Waals surface area (Å²) in [5.41, 5.74) is 0.372. The van der Waals surface area contributed by atoms with Crippen LogP contribution in [0, 0.1) is 0 Å². The Morgan fingerprint density at radius 1 is 1.00 bits per heavy atom. The van der Waals surface area contributed by atoms with Gasteiger partial charge in [0.2, 0.25) is 0 Å². The number of carbonyl (C=O) groups excluding carboxylic acids is 2. The van der Waals surface area contributed by atoms with Crippen LogP contribution in [0.5, 0.6) is 11.5 Å². The molecule has 2 N–H and O–H groups in total. The molecular weight excluding hydrogens is 220 g/mol. The van der Waals surface area contributed by atoms with Gasteiger partial charge in [0.1, 0.15) is 11.5 Å². The summed E-state index contributed by atoms with van der Waals surface area (Å²) in [6.45, 7) is 6.14. The van der Waals surface area contributed by atoms with Gasteiger partial charge in [-0.3, -0.25) is 9.59 Å². The first-order chi connectivity index (χ1) is 7.77. The highest BCUT2D eigenvalue weighted by atomic mass is 16.3. The highest BCUT2D eigenvalue weighted by Gasteiger charge is 2.23. The molecule has 0 fully saturated rings. The van der Waals surface area contributed by atoms with Crippen LogP contribution in [0.25, 0.3) is 0 Å². The molecule has 0 aliphatic rings. The van der Waals surface area contributed by atoms with Gasteiger partial charge in [-0.25, -0.2) is 0 Å². The van der Waals surface area contributed by atoms with E-state index in [2.05, 4.69) is 0 Å². The molecule has 0 saturated heterocycles. The quantitative estimate of drug-likeness (QED) is 0.791. The van der Waals surface area contributed by atoms with E-state index in [1.165, 1.54) is 19.9 Å². The number of phenolic OH excluding ortho intramolecular Hbond substituents is 2. The van der Waals surface area contributed by atoms with E-state index in [-0.39, 0.29) is 45.7 Å². The maximum absolute atomic E-state index is 11.4. The fraction of sp³-hybridized carbons (Fsp3) is 0.385. The van der Waals surface area contributed by atoms with E-state index in [0.29, 0.717) is 0 Å². The van der Waals surface area contributed by atoms with Crippen LogP contribution in [0.3, 0.4) is 0 Å². The van der Waals surface area contributed by atoms with Crippen molar-refractivity contribution in [1.82, 2.24) is 0 Å². The van der Waals surface area contributed by atoms with E-state index in [1.54, 1.807) is 13.8 Å². The number of benzene rings is 1. The first kappa shape index (κ1) is 13.2. The van der Waals surface area contributed by atoms with E-state index in [4.69, 9.17) is 0 Å². The average molecular weight is 236 g/mol. The lowest BCUT2D eigenvalue weighted by Gasteiger charge is -2.15. The van der Waals surface area contributed by atoms with E-state index < -0.39 is 0 Å². The van der Waals surface area contributed by atoms with Crippen LogP contribution in [0.2, 0.25) is 0 Å². The Hall–Kier alpha value is -1.84. The Kier molecular flexibility index (Phi) is 3.56. The summed E-state index contributed by atoms with van der Waals surface area (Å²) in [4.78, 5) is 22.7. The molecule has 4 nitrogen and oxygen atoms in total. The Morgan fingerprint density at radius 2 is 1.35 bits per heavy atom. The van der Waals surface area contributed by atoms with Crippen molar-refractivity contribution in [2.45, 2.75) is 33.6 Å². The summed E-state index contributed by atoms with van der Waals surface area (Å²) in [5.74, 6) is -1.35. The molecule has 0 spiro atoms. The Morgan fingerprint density at radius 3 is 1.59 bits per heavy atom. The SMILES string of the molecule is CC(=O)c1cc(C(C)=O)c(O)c(C(C)C)c1O. The van der Waals surface area contributed by atoms with E-state index in [0.717, 1.165) is 0 Å². The summed E-state index contributed by atoms with van der Waals surface area (Å²) in [6.07, 6.45) is 0. The summed E-state index contributed by atoms with van der Waals surface area (Å²) < 4.78 is 0. The van der Waals surface area contributed by atoms with Crippen LogP contribution >= 0.6 is 0 Å². The van der Waals surface area contributed by atoms with Crippen molar-refractivity contribution in [1.29, 1.82) is 0 Å². The summed E-state index contributed by atoms with van der Waals surface area (Å²) in [6, 6.07) is 1.24. The first-order valence-electron chi connectivity index (χ1n) is 5.38. The molecule has 1 aromatic carbocycles. The number of hydrogen-bond acceptors (Lipinski definition) is 4. The molecule has 0 saturated carbocycles. The van der Waals surface area contributed by atoms with Gasteiger partial charge in [0.15, 0.2) is 11.6 Å². The standard InChI is InChI=1S/C13H16O4/c1-6(2)11-12(16)9(7(3)14)5-10(8(4)15)13(11)17/h5-6,16-17H,1-4H3. The first-order valence-corrected chi connectivity index (χ1v) is 5.38. The van der Waals surface area contributed by atoms with E-state index in [1.807, 2.05) is 0 Å². The minimum absolute atomic E-state index is 0.0664. The number of phenols is 2. The Balaban J connectivity index is 3.69. The highest BCUT2D eigenvalue weighted by Crippen LogP contribution is 2.39. The third kappa shape index (κ3) is 2.30. The molecule has 0 aliphatic carbocycles. The fourth-order valence-corrected chi connectivity index (χ4v) is 1.77. The monoisotopic (exact) mass is 236 g/mol. The lowest BCUT2D eigenvalue weighted by molar-refractivity contribution is 0.101. The Labute approximate surface area is 99.9 Å². The Bertz CT molecular complexity index is 448. The molecule has 0 atom stereocenters. The van der Waals surface area contributed by atoms with Gasteiger partial charge in [0.25, 0.3) is 0 Å². The van der Waals surface area contributed by atoms with Crippen LogP contribution in [0.1, 0.15) is 59.9 Å². The zero-order valence-electron chi connectivity index (χ0n) is 10.4. The molecule has 0 unspecified atom stereocenters. The van der Waals surface area contributed by atoms with Gasteiger partial charge >= 0.3 is 0 Å². The average Bonchev–Trinajstić information content (AvgIpc) is 2.15. The zero-order valence-corrected chi connectivity index (χ0v) is 10.4. The second-order valence-electron chi connectivity index (χ2n) is 4.35. The number of aromatic hydroxyl groups is 2. The molecule has 17 heavy (non-hydrogen) atoms. The molecule has 1 rings (SSSR count). The smallest absolute Gasteiger partial charge is 0.163 e. The van der Waals surface area contributed by atoms with Crippen LogP contribution in [-0.4, -0.2) is 21.8 Å². The zero-order chi connectivity index (χ0) is 13.3. The molecule has 1 aromatic rings. The summed E-state index contributed by atoms with van der Waals surface area (Å²) >= 11 is 0. The number of ketones is 2. The minimum atomic E-state index is -0.341. The molecule has 92 valence electrons. The maximum Gasteiger partial charge on any atom is 0.163 e. The number of carbonyl (C=O) groups is 2. The van der Waals surface area contributed by atoms with Gasteiger partial charge in [0, 0.05) is 5.56 Å². The van der Waals surface area contributed by atoms with Crippen LogP contribution in [-0.2, 0) is 0 Å². The van der Waals surface area contributed by atoms with Crippen molar-refractivity contribution in [3.8, 4) is 11.5 Å². The van der Waals surface area contributed by atoms with Crippen LogP contribution in [0.15, 0.2) is 6.07 Å². The summed E-state index contributed by atoms with van der Waals surface area (Å²) in [7, 11) is 0. The van der Waals surface area contributed by atoms with Crippen molar-refractivity contribution in [3.63, 3.8) is 0 Å². The molecular formula is C13H16O4. The maximum atomic E-state index is 11.4. The van der Waals surface area contributed by atoms with Gasteiger partial charge in [0.05, 0.1) is 11.1 Å². The van der Waals surface area contributed by atoms with Gasteiger partial charge in [-0.15, -0.1) is 0 Å². The van der Waals surface area contributed by atoms with Gasteiger partial charge < -0.3 is 10.2 Å². The second kappa shape index (κ2) is 4.57. The molecule has 0 aliphatic heterocycles. The van der Waals surface area contributed by atoms with Crippen molar-refractivity contribution in [3.05, 3.63) is 22.8 Å². The van der Waals surface area contributed by atoms with E-state index >= 15 is 0 Å². The van der Waals surface area contributed by atoms with Crippen molar-refractivity contribution < 1.29 is 19.8 Å². The number of Topliss-reactive ketones (excluding diaryl/α,β-unsaturated/α-hetero) is 2. The second-order valence-corrected chi connectivity index (χ2v) is 4.35. The predicted octanol–water partition coefficient (Wildman–Crippen LogP) is 2.63. The van der Waals surface area contributed by atoms with Gasteiger partial charge in [-0.05, 0) is 25.8 Å². The largest absolute Gasteiger partial charge is 0.507 e. The van der Waals surface area contributed by atoms with Gasteiger partial charge in [-0.2, -0.15) is 0 Å². The lowest BCUT2D eigenvalue weighted by atomic mass is 9.92. The lowest BCUT2D eigenvalue weighted by Crippen LogP contribution is -2.04. The minimum Gasteiger partial charge on any atom is -0.507 e. The fourth-order valence-electron chi connectivity index (χ4n) is 1.77. The highest BCUT2D eigenvalue weighted by molar-refractivity contribution is 6.04. The molecule has 0 aromatic heterocycles. The molecule has 0 heterocycles. The molecule has 0 amide bonds. The molecule has 0 radical (unpaired) electrons. The third-order valence-electron chi connectivity index (χ3n) is 2.65. The topological polar surface area (TPSA) is 74.6 Å². The third-order valence-corrected chi connectivity index (χ3v) is 2.65. The van der Waals surface area contributed by atoms with Crippen molar-refractivity contribution in [2.75, 3.05) is 0 Å². The normalized spacial score (nSPS) is 10.6. The number of rotatable bonds is 3. The van der Waals surface area contributed by atoms with Crippen molar-refractivity contribution >= 4 is 11.6 Å². The number of hydrogen-bond donors (Lipinski definition) is 2. The summed E-state index contributed by atoms with van der Waals surface area (Å²) in [5, 5.41) is 19.8. The predicted molar refractivity (Wildman–Crippen MR) is 63.9 cm³/mol. The van der Waals surface area contributed by atoms with Crippen LogP contribution in [0.4, 0.5) is 0 Å². The molecule has 0 bridgehead atoms. The van der Waals surface area contributed by atoms with Crippen molar-refractivity contribution in [2.24, 2.45) is 0 Å². The van der Waals surface area contributed by atoms with Gasteiger partial charge in [-0.1, -0.05) is 13.8 Å².